The molecule has 0 aromatic heterocycles. The molecule has 0 spiro atoms. The molecule has 0 rings (SSSR count). The number of esters is 2. The maximum absolute atomic E-state index is 12.6. The van der Waals surface area contributed by atoms with Gasteiger partial charge in [0.15, 0.2) is 6.10 Å². The number of unbranched alkanes of at least 4 members (excludes halogenated alkanes) is 13. The van der Waals surface area contributed by atoms with Crippen LogP contribution in [-0.2, 0) is 32.7 Å². The number of hydrogen-bond donors (Lipinski definition) is 3. The van der Waals surface area contributed by atoms with E-state index in [0.717, 1.165) is 77.0 Å². The maximum atomic E-state index is 12.6. The van der Waals surface area contributed by atoms with Crippen LogP contribution in [0, 0.1) is 0 Å². The molecule has 4 N–H and O–H groups in total. The minimum Gasteiger partial charge on any atom is -0.462 e. The number of ether oxygens (including phenoxy) is 2. The minimum absolute atomic E-state index is 0.0375. The first-order chi connectivity index (χ1) is 26.2. The van der Waals surface area contributed by atoms with Gasteiger partial charge in [0, 0.05) is 19.4 Å². The lowest BCUT2D eigenvalue weighted by molar-refractivity contribution is -0.161. The highest BCUT2D eigenvalue weighted by atomic mass is 31.2. The number of phosphoric ester groups is 1. The number of aliphatic hydroxyl groups excluding tert-OH is 1. The lowest BCUT2D eigenvalue weighted by Gasteiger charge is -2.19. The van der Waals surface area contributed by atoms with Crippen LogP contribution in [0.15, 0.2) is 60.8 Å². The summed E-state index contributed by atoms with van der Waals surface area (Å²) in [5, 5.41) is 9.26. The highest BCUT2D eigenvalue weighted by molar-refractivity contribution is 7.47. The van der Waals surface area contributed by atoms with Gasteiger partial charge in [-0.3, -0.25) is 18.6 Å². The molecule has 0 heterocycles. The predicted molar refractivity (Wildman–Crippen MR) is 221 cm³/mol. The molecule has 0 fully saturated rings. The summed E-state index contributed by atoms with van der Waals surface area (Å²) in [5.74, 6) is -0.925. The average Bonchev–Trinajstić information content (AvgIpc) is 3.14. The van der Waals surface area contributed by atoms with Crippen LogP contribution in [0.1, 0.15) is 162 Å². The van der Waals surface area contributed by atoms with E-state index in [2.05, 4.69) is 61.6 Å². The van der Waals surface area contributed by atoms with Gasteiger partial charge >= 0.3 is 19.8 Å². The Hall–Kier alpha value is -2.33. The van der Waals surface area contributed by atoms with Gasteiger partial charge in [0.05, 0.1) is 19.3 Å². The van der Waals surface area contributed by atoms with E-state index >= 15 is 0 Å². The van der Waals surface area contributed by atoms with Crippen LogP contribution >= 0.6 is 7.82 Å². The van der Waals surface area contributed by atoms with Crippen molar-refractivity contribution in [3.8, 4) is 0 Å². The Balaban J connectivity index is 4.30. The summed E-state index contributed by atoms with van der Waals surface area (Å²) >= 11 is 0. The smallest absolute Gasteiger partial charge is 0.462 e. The number of phosphoric acid groups is 1. The molecule has 0 bridgehead atoms. The van der Waals surface area contributed by atoms with Gasteiger partial charge in [-0.15, -0.1) is 0 Å². The number of nitrogens with two attached hydrogens (primary N) is 1. The van der Waals surface area contributed by atoms with E-state index in [0.29, 0.717) is 12.8 Å². The summed E-state index contributed by atoms with van der Waals surface area (Å²) in [6, 6.07) is 0. The molecule has 3 atom stereocenters. The standard InChI is InChI=1S/C43H76NO9P/c1-3-4-5-6-7-8-9-10-12-17-20-23-26-29-32-35-43(47)53-41(39-52-54(48,49)51-37-36-44)38-50-42(46)34-31-28-25-22-19-16-14-11-13-15-18-21-24-27-30-33-40(2)45/h10,12-16,21-22,24-25,40-41,45H,3-9,11,17-20,23,26-39,44H2,1-2H3,(H,48,49)/b12-10-,15-13-,16-14-,24-21-,25-22-/t40-,41-/m1/s1. The number of hydrogen-bond acceptors (Lipinski definition) is 9. The zero-order valence-electron chi connectivity index (χ0n) is 33.8. The van der Waals surface area contributed by atoms with Crippen LogP contribution in [0.4, 0.5) is 0 Å². The normalized spacial score (nSPS) is 14.5. The van der Waals surface area contributed by atoms with Gasteiger partial charge in [0.2, 0.25) is 0 Å². The highest BCUT2D eigenvalue weighted by Crippen LogP contribution is 2.43. The first-order valence-electron chi connectivity index (χ1n) is 20.8. The molecule has 0 radical (unpaired) electrons. The number of allylic oxidation sites excluding steroid dienone is 10. The summed E-state index contributed by atoms with van der Waals surface area (Å²) in [5.41, 5.74) is 5.33. The molecule has 0 aromatic carbocycles. The molecule has 10 nitrogen and oxygen atoms in total. The highest BCUT2D eigenvalue weighted by Gasteiger charge is 2.25. The monoisotopic (exact) mass is 782 g/mol. The second-order valence-electron chi connectivity index (χ2n) is 13.8. The molecule has 0 aliphatic rings. The number of rotatable bonds is 38. The van der Waals surface area contributed by atoms with Crippen molar-refractivity contribution in [2.45, 2.75) is 174 Å². The summed E-state index contributed by atoms with van der Waals surface area (Å²) < 4.78 is 32.6. The van der Waals surface area contributed by atoms with Crippen LogP contribution in [-0.4, -0.2) is 60.5 Å². The van der Waals surface area contributed by atoms with Crippen molar-refractivity contribution in [3.05, 3.63) is 60.8 Å². The third-order valence-corrected chi connectivity index (χ3v) is 9.38. The molecule has 0 saturated carbocycles. The topological polar surface area (TPSA) is 155 Å². The molecule has 312 valence electrons. The molecule has 0 aliphatic carbocycles. The Morgan fingerprint density at radius 2 is 1.11 bits per heavy atom. The quantitative estimate of drug-likeness (QED) is 0.0239. The van der Waals surface area contributed by atoms with Crippen molar-refractivity contribution in [1.29, 1.82) is 0 Å². The van der Waals surface area contributed by atoms with Crippen molar-refractivity contribution in [2.75, 3.05) is 26.4 Å². The van der Waals surface area contributed by atoms with Crippen molar-refractivity contribution >= 4 is 19.8 Å². The summed E-state index contributed by atoms with van der Waals surface area (Å²) in [4.78, 5) is 34.8. The molecule has 0 aliphatic heterocycles. The third-order valence-electron chi connectivity index (χ3n) is 8.39. The first-order valence-corrected chi connectivity index (χ1v) is 22.3. The lowest BCUT2D eigenvalue weighted by atomic mass is 10.1. The second kappa shape index (κ2) is 38.9. The van der Waals surface area contributed by atoms with E-state index < -0.39 is 32.5 Å². The maximum Gasteiger partial charge on any atom is 0.472 e. The van der Waals surface area contributed by atoms with Gasteiger partial charge in [-0.2, -0.15) is 0 Å². The zero-order chi connectivity index (χ0) is 39.8. The molecule has 11 heteroatoms. The summed E-state index contributed by atoms with van der Waals surface area (Å²) in [6.45, 7) is 3.18. The van der Waals surface area contributed by atoms with Crippen molar-refractivity contribution in [1.82, 2.24) is 0 Å². The number of carbonyl (C=O) groups is 2. The Morgan fingerprint density at radius 1 is 0.630 bits per heavy atom. The molecule has 1 unspecified atom stereocenters. The van der Waals surface area contributed by atoms with Gasteiger partial charge in [-0.05, 0) is 90.4 Å². The van der Waals surface area contributed by atoms with Crippen molar-refractivity contribution in [2.24, 2.45) is 5.73 Å². The van der Waals surface area contributed by atoms with Crippen LogP contribution in [0.3, 0.4) is 0 Å². The van der Waals surface area contributed by atoms with Crippen LogP contribution < -0.4 is 5.73 Å². The van der Waals surface area contributed by atoms with Gasteiger partial charge in [0.25, 0.3) is 0 Å². The number of aliphatic hydroxyl groups is 1. The predicted octanol–water partition coefficient (Wildman–Crippen LogP) is 10.7. The molecule has 0 aromatic rings. The van der Waals surface area contributed by atoms with E-state index in [1.54, 1.807) is 0 Å². The van der Waals surface area contributed by atoms with Crippen LogP contribution in [0.5, 0.6) is 0 Å². The lowest BCUT2D eigenvalue weighted by Crippen LogP contribution is -2.29. The fourth-order valence-electron chi connectivity index (χ4n) is 5.29. The fourth-order valence-corrected chi connectivity index (χ4v) is 6.05. The molecular formula is C43H76NO9P. The van der Waals surface area contributed by atoms with Gasteiger partial charge in [-0.1, -0.05) is 119 Å². The van der Waals surface area contributed by atoms with Crippen LogP contribution in [0.2, 0.25) is 0 Å². The SMILES string of the molecule is CCCCCCCC/C=C\CCCCCCCC(=O)O[C@H](COC(=O)CCC/C=C\C/C=C\C/C=C\C/C=C\CCC[C@@H](C)O)COP(=O)(O)OCCN. The minimum atomic E-state index is -4.40. The van der Waals surface area contributed by atoms with Gasteiger partial charge < -0.3 is 25.2 Å². The van der Waals surface area contributed by atoms with E-state index in [-0.39, 0.29) is 38.7 Å². The van der Waals surface area contributed by atoms with E-state index in [1.807, 2.05) is 13.0 Å². The Labute approximate surface area is 328 Å². The Morgan fingerprint density at radius 3 is 1.69 bits per heavy atom. The molecular weight excluding hydrogens is 705 g/mol. The summed E-state index contributed by atoms with van der Waals surface area (Å²) in [6.07, 6.45) is 42.4. The van der Waals surface area contributed by atoms with Gasteiger partial charge in [0.1, 0.15) is 6.61 Å². The zero-order valence-corrected chi connectivity index (χ0v) is 34.7. The van der Waals surface area contributed by atoms with Crippen LogP contribution in [0.25, 0.3) is 0 Å². The van der Waals surface area contributed by atoms with E-state index in [1.165, 1.54) is 44.9 Å². The average molecular weight is 782 g/mol. The molecule has 0 amide bonds. The molecule has 0 saturated heterocycles. The summed E-state index contributed by atoms with van der Waals surface area (Å²) in [7, 11) is -4.40. The second-order valence-corrected chi connectivity index (χ2v) is 15.2. The van der Waals surface area contributed by atoms with E-state index in [9.17, 15) is 24.2 Å². The third kappa shape index (κ3) is 39.4. The Bertz CT molecular complexity index is 1090. The van der Waals surface area contributed by atoms with Crippen molar-refractivity contribution in [3.63, 3.8) is 0 Å². The fraction of sp³-hybridized carbons (Fsp3) is 0.721. The van der Waals surface area contributed by atoms with Gasteiger partial charge in [-0.25, -0.2) is 4.57 Å². The largest absolute Gasteiger partial charge is 0.472 e. The van der Waals surface area contributed by atoms with E-state index in [4.69, 9.17) is 24.3 Å². The number of carbonyl (C=O) groups excluding carboxylic acids is 2. The van der Waals surface area contributed by atoms with Crippen molar-refractivity contribution < 1.29 is 42.7 Å². The molecule has 54 heavy (non-hydrogen) atoms. The Kier molecular flexibility index (Phi) is 37.2. The first kappa shape index (κ1) is 51.7.